The highest BCUT2D eigenvalue weighted by Gasteiger charge is 2.00. The van der Waals surface area contributed by atoms with Crippen LogP contribution < -0.4 is 11.5 Å². The molecule has 0 aliphatic carbocycles. The van der Waals surface area contributed by atoms with Gasteiger partial charge in [0.2, 0.25) is 0 Å². The second-order valence-corrected chi connectivity index (χ2v) is 0.658. The first-order chi connectivity index (χ1) is 2.64. The predicted molar refractivity (Wildman–Crippen MR) is 16.2 cm³/mol. The number of hydrogen-bond donors (Lipinski definition) is 0. The van der Waals surface area contributed by atoms with Crippen LogP contribution in [0.1, 0.15) is 0 Å². The molecule has 2 amide bonds. The van der Waals surface area contributed by atoms with Gasteiger partial charge in [-0.3, -0.25) is 21.1 Å². The number of nitrogens with one attached hydrogen (secondary N) is 2. The Balaban J connectivity index is 3.57. The molecule has 0 bridgehead atoms. The standard InChI is InChI=1S/C2H2N2O2/c3-1(5)2(4)6/h3-4H. The molecule has 0 aromatic carbocycles. The second kappa shape index (κ2) is 1.40. The lowest BCUT2D eigenvalue weighted by Crippen LogP contribution is -2.13. The van der Waals surface area contributed by atoms with Crippen LogP contribution in [0.4, 0.5) is 0 Å². The topological polar surface area (TPSA) is 81.7 Å². The highest BCUT2D eigenvalue weighted by atomic mass is 16.2. The SMILES string of the molecule is [NH]C(=O)C([NH])=O. The molecule has 0 saturated heterocycles. The Morgan fingerprint density at radius 1 is 1.00 bits per heavy atom. The summed E-state index contributed by atoms with van der Waals surface area (Å²) in [6.45, 7) is 0. The van der Waals surface area contributed by atoms with E-state index in [0.717, 1.165) is 0 Å². The first kappa shape index (κ1) is 4.94. The zero-order valence-electron chi connectivity index (χ0n) is 2.82. The van der Waals surface area contributed by atoms with E-state index in [4.69, 9.17) is 11.5 Å². The Bertz CT molecular complexity index is 75.5. The number of rotatable bonds is 0. The lowest BCUT2D eigenvalue weighted by atomic mass is 10.6. The highest BCUT2D eigenvalue weighted by molar-refractivity contribution is 6.33. The maximum Gasteiger partial charge on any atom is 0.329 e. The molecule has 0 unspecified atom stereocenters. The molecule has 0 aliphatic rings. The summed E-state index contributed by atoms with van der Waals surface area (Å²) in [4.78, 5) is 18.5. The summed E-state index contributed by atoms with van der Waals surface area (Å²) >= 11 is 0. The van der Waals surface area contributed by atoms with E-state index in [1.165, 1.54) is 0 Å². The van der Waals surface area contributed by atoms with Gasteiger partial charge in [0.15, 0.2) is 0 Å². The summed E-state index contributed by atoms with van der Waals surface area (Å²) in [6, 6.07) is 0. The molecule has 0 spiro atoms. The molecular weight excluding hydrogens is 84.0 g/mol. The predicted octanol–water partition coefficient (Wildman–Crippen LogP) is -1.39. The average Bonchev–Trinajstić information content (AvgIpc) is 1.36. The van der Waals surface area contributed by atoms with Crippen LogP contribution in [-0.2, 0) is 9.59 Å². The van der Waals surface area contributed by atoms with Crippen molar-refractivity contribution in [3.05, 3.63) is 0 Å². The molecule has 0 saturated carbocycles. The minimum absolute atomic E-state index is 1.46. The smallest absolute Gasteiger partial charge is 0.262 e. The molecular formula is C2H2N2O2. The minimum Gasteiger partial charge on any atom is -0.262 e. The number of carbonyl (C=O) groups is 2. The minimum atomic E-state index is -1.46. The largest absolute Gasteiger partial charge is 0.329 e. The van der Waals surface area contributed by atoms with Crippen LogP contribution in [0.3, 0.4) is 0 Å². The van der Waals surface area contributed by atoms with E-state index >= 15 is 0 Å². The van der Waals surface area contributed by atoms with E-state index in [9.17, 15) is 9.59 Å². The van der Waals surface area contributed by atoms with Crippen molar-refractivity contribution >= 4 is 11.8 Å². The summed E-state index contributed by atoms with van der Waals surface area (Å²) in [5, 5.41) is 0. The van der Waals surface area contributed by atoms with Gasteiger partial charge in [0, 0.05) is 0 Å². The third-order valence-corrected chi connectivity index (χ3v) is 0.206. The summed E-state index contributed by atoms with van der Waals surface area (Å²) in [5.41, 5.74) is 11.7. The molecule has 2 N–H and O–H groups in total. The molecule has 4 nitrogen and oxygen atoms in total. The molecule has 0 rings (SSSR count). The second-order valence-electron chi connectivity index (χ2n) is 0.658. The van der Waals surface area contributed by atoms with Crippen LogP contribution in [-0.4, -0.2) is 11.8 Å². The molecule has 0 heterocycles. The normalized spacial score (nSPS) is 7.33. The van der Waals surface area contributed by atoms with Gasteiger partial charge in [-0.1, -0.05) is 0 Å². The Morgan fingerprint density at radius 3 is 1.17 bits per heavy atom. The van der Waals surface area contributed by atoms with Gasteiger partial charge in [-0.2, -0.15) is 0 Å². The molecule has 2 radical (unpaired) electrons. The maximum atomic E-state index is 9.27. The van der Waals surface area contributed by atoms with Crippen molar-refractivity contribution < 1.29 is 9.59 Å². The van der Waals surface area contributed by atoms with Crippen LogP contribution >= 0.6 is 0 Å². The highest BCUT2D eigenvalue weighted by Crippen LogP contribution is 1.52. The van der Waals surface area contributed by atoms with Crippen LogP contribution in [0.2, 0.25) is 0 Å². The van der Waals surface area contributed by atoms with E-state index in [2.05, 4.69) is 0 Å². The number of carbonyl (C=O) groups excluding carboxylic acids is 2. The lowest BCUT2D eigenvalue weighted by molar-refractivity contribution is -0.136. The molecule has 0 aromatic rings. The maximum absolute atomic E-state index is 9.27. The van der Waals surface area contributed by atoms with E-state index in [-0.39, 0.29) is 0 Å². The van der Waals surface area contributed by atoms with Gasteiger partial charge in [-0.25, -0.2) is 0 Å². The van der Waals surface area contributed by atoms with Crippen molar-refractivity contribution in [1.29, 1.82) is 0 Å². The van der Waals surface area contributed by atoms with Crippen molar-refractivity contribution in [2.24, 2.45) is 0 Å². The summed E-state index contributed by atoms with van der Waals surface area (Å²) in [7, 11) is 0. The monoisotopic (exact) mass is 86.0 g/mol. The Morgan fingerprint density at radius 2 is 1.17 bits per heavy atom. The Labute approximate surface area is 34.1 Å². The van der Waals surface area contributed by atoms with E-state index < -0.39 is 11.8 Å². The van der Waals surface area contributed by atoms with Crippen molar-refractivity contribution in [2.45, 2.75) is 0 Å². The molecule has 0 aromatic heterocycles. The summed E-state index contributed by atoms with van der Waals surface area (Å²) in [5.74, 6) is -2.93. The van der Waals surface area contributed by atoms with Gasteiger partial charge >= 0.3 is 11.8 Å². The van der Waals surface area contributed by atoms with Crippen LogP contribution in [0.15, 0.2) is 0 Å². The molecule has 6 heavy (non-hydrogen) atoms. The number of amides is 2. The molecule has 0 fully saturated rings. The third kappa shape index (κ3) is 1.28. The molecule has 4 heteroatoms. The van der Waals surface area contributed by atoms with Crippen LogP contribution in [0, 0.1) is 0 Å². The van der Waals surface area contributed by atoms with Crippen molar-refractivity contribution in [2.75, 3.05) is 0 Å². The fraction of sp³-hybridized carbons (Fsp3) is 0. The van der Waals surface area contributed by atoms with E-state index in [0.29, 0.717) is 0 Å². The zero-order chi connectivity index (χ0) is 5.15. The average molecular weight is 86.0 g/mol. The molecule has 0 aliphatic heterocycles. The third-order valence-electron chi connectivity index (χ3n) is 0.206. The van der Waals surface area contributed by atoms with Crippen molar-refractivity contribution in [3.8, 4) is 0 Å². The zero-order valence-corrected chi connectivity index (χ0v) is 2.82. The van der Waals surface area contributed by atoms with Gasteiger partial charge in [0.05, 0.1) is 0 Å². The van der Waals surface area contributed by atoms with E-state index in [1.54, 1.807) is 0 Å². The lowest BCUT2D eigenvalue weighted by Gasteiger charge is -1.71. The van der Waals surface area contributed by atoms with Gasteiger partial charge in [0.25, 0.3) is 0 Å². The number of hydrogen-bond acceptors (Lipinski definition) is 2. The van der Waals surface area contributed by atoms with E-state index in [1.807, 2.05) is 0 Å². The van der Waals surface area contributed by atoms with Gasteiger partial charge in [-0.05, 0) is 0 Å². The first-order valence-corrected chi connectivity index (χ1v) is 1.16. The summed E-state index contributed by atoms with van der Waals surface area (Å²) < 4.78 is 0. The van der Waals surface area contributed by atoms with Gasteiger partial charge < -0.3 is 0 Å². The van der Waals surface area contributed by atoms with Gasteiger partial charge in [-0.15, -0.1) is 0 Å². The first-order valence-electron chi connectivity index (χ1n) is 1.16. The van der Waals surface area contributed by atoms with Crippen LogP contribution in [0.5, 0.6) is 0 Å². The van der Waals surface area contributed by atoms with Crippen molar-refractivity contribution in [1.82, 2.24) is 11.5 Å². The quantitative estimate of drug-likeness (QED) is 0.340. The fourth-order valence-electron chi connectivity index (χ4n) is 0. The fourth-order valence-corrected chi connectivity index (χ4v) is 0. The Kier molecular flexibility index (Phi) is 1.15. The molecule has 0 atom stereocenters. The van der Waals surface area contributed by atoms with Gasteiger partial charge in [0.1, 0.15) is 0 Å². The summed E-state index contributed by atoms with van der Waals surface area (Å²) in [6.07, 6.45) is 0. The molecule has 32 valence electrons. The van der Waals surface area contributed by atoms with Crippen molar-refractivity contribution in [3.63, 3.8) is 0 Å². The Hall–Kier alpha value is -1.06. The van der Waals surface area contributed by atoms with Crippen LogP contribution in [0.25, 0.3) is 0 Å².